The zero-order chi connectivity index (χ0) is 19.0. The first-order valence-electron chi connectivity index (χ1n) is 9.42. The second kappa shape index (κ2) is 7.31. The molecule has 3 aromatic rings. The van der Waals surface area contributed by atoms with Crippen LogP contribution in [0.3, 0.4) is 0 Å². The summed E-state index contributed by atoms with van der Waals surface area (Å²) in [4.78, 5) is 19.6. The zero-order valence-corrected chi connectivity index (χ0v) is 16.5. The van der Waals surface area contributed by atoms with E-state index in [1.165, 1.54) is 12.0 Å². The molecule has 0 unspecified atom stereocenters. The van der Waals surface area contributed by atoms with Gasteiger partial charge in [0.25, 0.3) is 5.91 Å². The van der Waals surface area contributed by atoms with E-state index in [0.29, 0.717) is 11.2 Å². The Balaban J connectivity index is 1.70. The highest BCUT2D eigenvalue weighted by Gasteiger charge is 2.23. The Kier molecular flexibility index (Phi) is 4.87. The third-order valence-electron chi connectivity index (χ3n) is 5.38. The molecule has 0 N–H and O–H groups in total. The van der Waals surface area contributed by atoms with Crippen molar-refractivity contribution in [2.75, 3.05) is 13.1 Å². The second-order valence-electron chi connectivity index (χ2n) is 7.21. The maximum absolute atomic E-state index is 12.9. The fourth-order valence-electron chi connectivity index (χ4n) is 3.79. The van der Waals surface area contributed by atoms with Crippen LogP contribution < -0.4 is 0 Å². The fourth-order valence-corrected chi connectivity index (χ4v) is 3.92. The fraction of sp³-hybridized carbons (Fsp3) is 0.381. The highest BCUT2D eigenvalue weighted by molar-refractivity contribution is 6.30. The summed E-state index contributed by atoms with van der Waals surface area (Å²) < 4.78 is 1.80. The van der Waals surface area contributed by atoms with Crippen molar-refractivity contribution in [1.82, 2.24) is 19.5 Å². The van der Waals surface area contributed by atoms with Crippen molar-refractivity contribution < 1.29 is 4.79 Å². The largest absolute Gasteiger partial charge is 0.338 e. The number of aromatic nitrogens is 3. The van der Waals surface area contributed by atoms with Crippen LogP contribution in [0.5, 0.6) is 0 Å². The van der Waals surface area contributed by atoms with Gasteiger partial charge in [-0.05, 0) is 56.4 Å². The quantitative estimate of drug-likeness (QED) is 0.681. The van der Waals surface area contributed by atoms with Crippen molar-refractivity contribution in [2.45, 2.75) is 39.5 Å². The molecular weight excluding hydrogens is 360 g/mol. The molecule has 1 aromatic carbocycles. The third-order valence-corrected chi connectivity index (χ3v) is 5.63. The number of amides is 1. The van der Waals surface area contributed by atoms with Gasteiger partial charge < -0.3 is 4.90 Å². The third kappa shape index (κ3) is 3.44. The van der Waals surface area contributed by atoms with Gasteiger partial charge in [0, 0.05) is 35.9 Å². The number of halogens is 1. The molecule has 2 aromatic heterocycles. The van der Waals surface area contributed by atoms with Gasteiger partial charge in [-0.3, -0.25) is 4.79 Å². The van der Waals surface area contributed by atoms with Crippen molar-refractivity contribution in [3.05, 3.63) is 63.6 Å². The summed E-state index contributed by atoms with van der Waals surface area (Å²) in [5.74, 6) is 0.0430. The zero-order valence-electron chi connectivity index (χ0n) is 15.7. The molecule has 1 saturated heterocycles. The lowest BCUT2D eigenvalue weighted by Crippen LogP contribution is -2.35. The Hall–Kier alpha value is -2.40. The van der Waals surface area contributed by atoms with Crippen LogP contribution >= 0.6 is 11.6 Å². The lowest BCUT2D eigenvalue weighted by Gasteiger charge is -2.26. The molecule has 140 valence electrons. The van der Waals surface area contributed by atoms with Crippen LogP contribution in [-0.2, 0) is 6.42 Å². The number of carbonyl (C=O) groups excluding carboxylic acids is 1. The lowest BCUT2D eigenvalue weighted by atomic mass is 10.0. The topological polar surface area (TPSA) is 50.5 Å². The maximum Gasteiger partial charge on any atom is 0.259 e. The minimum Gasteiger partial charge on any atom is -0.338 e. The number of carbonyl (C=O) groups is 1. The van der Waals surface area contributed by atoms with Crippen LogP contribution in [0.2, 0.25) is 5.02 Å². The molecule has 0 spiro atoms. The molecule has 6 heteroatoms. The number of hydrogen-bond donors (Lipinski definition) is 0. The molecule has 1 fully saturated rings. The number of nitrogens with zero attached hydrogens (tertiary/aromatic N) is 4. The minimum atomic E-state index is 0.0430. The van der Waals surface area contributed by atoms with Crippen molar-refractivity contribution in [1.29, 1.82) is 0 Å². The number of fused-ring (bicyclic) bond motifs is 1. The molecule has 0 bridgehead atoms. The van der Waals surface area contributed by atoms with Gasteiger partial charge in [-0.15, -0.1) is 0 Å². The van der Waals surface area contributed by atoms with E-state index < -0.39 is 0 Å². The van der Waals surface area contributed by atoms with E-state index in [2.05, 4.69) is 5.10 Å². The average Bonchev–Trinajstić information content (AvgIpc) is 3.10. The molecule has 0 saturated carbocycles. The summed E-state index contributed by atoms with van der Waals surface area (Å²) in [5, 5.41) is 5.21. The Morgan fingerprint density at radius 1 is 1.11 bits per heavy atom. The van der Waals surface area contributed by atoms with Gasteiger partial charge in [-0.2, -0.15) is 5.10 Å². The first kappa shape index (κ1) is 18.0. The molecule has 0 radical (unpaired) electrons. The highest BCUT2D eigenvalue weighted by atomic mass is 35.5. The minimum absolute atomic E-state index is 0.0430. The molecule has 4 rings (SSSR count). The number of rotatable bonds is 3. The summed E-state index contributed by atoms with van der Waals surface area (Å²) in [7, 11) is 0. The Bertz CT molecular complexity index is 988. The smallest absolute Gasteiger partial charge is 0.259 e. The van der Waals surface area contributed by atoms with Crippen molar-refractivity contribution in [3.63, 3.8) is 0 Å². The summed E-state index contributed by atoms with van der Waals surface area (Å²) in [6, 6.07) is 7.85. The molecule has 1 aliphatic rings. The van der Waals surface area contributed by atoms with Crippen molar-refractivity contribution in [3.8, 4) is 0 Å². The van der Waals surface area contributed by atoms with Gasteiger partial charge >= 0.3 is 0 Å². The Morgan fingerprint density at radius 3 is 2.52 bits per heavy atom. The molecule has 27 heavy (non-hydrogen) atoms. The second-order valence-corrected chi connectivity index (χ2v) is 7.65. The molecular formula is C21H23ClN4O. The van der Waals surface area contributed by atoms with E-state index in [9.17, 15) is 4.79 Å². The Labute approximate surface area is 164 Å². The lowest BCUT2D eigenvalue weighted by molar-refractivity contribution is 0.0726. The van der Waals surface area contributed by atoms with E-state index in [1.54, 1.807) is 10.7 Å². The SMILES string of the molecule is Cc1nc2c(C(=O)N3CCCCC3)cnn2c(C)c1Cc1ccc(Cl)cc1. The van der Waals surface area contributed by atoms with Gasteiger partial charge in [0.2, 0.25) is 0 Å². The van der Waals surface area contributed by atoms with E-state index in [1.807, 2.05) is 43.0 Å². The monoisotopic (exact) mass is 382 g/mol. The highest BCUT2D eigenvalue weighted by Crippen LogP contribution is 2.22. The van der Waals surface area contributed by atoms with Crippen LogP contribution in [-0.4, -0.2) is 38.5 Å². The van der Waals surface area contributed by atoms with Crippen molar-refractivity contribution in [2.24, 2.45) is 0 Å². The average molecular weight is 383 g/mol. The van der Waals surface area contributed by atoms with Crippen LogP contribution in [0.25, 0.3) is 5.65 Å². The summed E-state index contributed by atoms with van der Waals surface area (Å²) >= 11 is 5.99. The molecule has 1 amide bonds. The van der Waals surface area contributed by atoms with Crippen LogP contribution in [0.1, 0.15) is 52.1 Å². The maximum atomic E-state index is 12.9. The molecule has 3 heterocycles. The van der Waals surface area contributed by atoms with E-state index in [4.69, 9.17) is 16.6 Å². The standard InChI is InChI=1S/C21H23ClN4O/c1-14-18(12-16-6-8-17(22)9-7-16)15(2)26-20(24-14)19(13-23-26)21(27)25-10-4-3-5-11-25/h6-9,13H,3-5,10-12H2,1-2H3. The number of aryl methyl sites for hydroxylation is 2. The van der Waals surface area contributed by atoms with Crippen molar-refractivity contribution >= 4 is 23.2 Å². The Morgan fingerprint density at radius 2 is 1.81 bits per heavy atom. The summed E-state index contributed by atoms with van der Waals surface area (Å²) in [6.45, 7) is 5.68. The van der Waals surface area contributed by atoms with Crippen LogP contribution in [0.15, 0.2) is 30.5 Å². The number of benzene rings is 1. The molecule has 0 atom stereocenters. The number of piperidine rings is 1. The van der Waals surface area contributed by atoms with E-state index in [0.717, 1.165) is 54.3 Å². The molecule has 0 aliphatic carbocycles. The van der Waals surface area contributed by atoms with Gasteiger partial charge in [0.15, 0.2) is 5.65 Å². The number of hydrogen-bond acceptors (Lipinski definition) is 3. The predicted molar refractivity (Wildman–Crippen MR) is 106 cm³/mol. The predicted octanol–water partition coefficient (Wildman–Crippen LogP) is 4.22. The van der Waals surface area contributed by atoms with Gasteiger partial charge in [-0.25, -0.2) is 9.50 Å². The van der Waals surface area contributed by atoms with Gasteiger partial charge in [0.1, 0.15) is 5.56 Å². The van der Waals surface area contributed by atoms with Crippen LogP contribution in [0.4, 0.5) is 0 Å². The number of likely N-dealkylation sites (tertiary alicyclic amines) is 1. The molecule has 5 nitrogen and oxygen atoms in total. The van der Waals surface area contributed by atoms with Gasteiger partial charge in [-0.1, -0.05) is 23.7 Å². The first-order valence-corrected chi connectivity index (χ1v) is 9.80. The first-order chi connectivity index (χ1) is 13.0. The van der Waals surface area contributed by atoms with Crippen LogP contribution in [0, 0.1) is 13.8 Å². The summed E-state index contributed by atoms with van der Waals surface area (Å²) in [6.07, 6.45) is 5.76. The van der Waals surface area contributed by atoms with E-state index >= 15 is 0 Å². The summed E-state index contributed by atoms with van der Waals surface area (Å²) in [5.41, 5.74) is 5.50. The van der Waals surface area contributed by atoms with Gasteiger partial charge in [0.05, 0.1) is 6.20 Å². The normalized spacial score (nSPS) is 14.7. The van der Waals surface area contributed by atoms with E-state index in [-0.39, 0.29) is 5.91 Å². The molecule has 1 aliphatic heterocycles.